The van der Waals surface area contributed by atoms with Crippen molar-refractivity contribution in [1.29, 1.82) is 0 Å². The third-order valence-corrected chi connectivity index (χ3v) is 0.405. The molecule has 5 N–H and O–H groups in total. The third-order valence-electron chi connectivity index (χ3n) is 0.405. The van der Waals surface area contributed by atoms with Gasteiger partial charge in [0.2, 0.25) is 5.85 Å². The van der Waals surface area contributed by atoms with Gasteiger partial charge in [0, 0.05) is 0 Å². The van der Waals surface area contributed by atoms with Crippen LogP contribution in [0.3, 0.4) is 0 Å². The fourth-order valence-corrected chi connectivity index (χ4v) is 0. The Kier molecular flexibility index (Phi) is 4.36. The average molecular weight is 145 g/mol. The van der Waals surface area contributed by atoms with Gasteiger partial charge >= 0.3 is 0 Å². The van der Waals surface area contributed by atoms with Crippen molar-refractivity contribution in [3.05, 3.63) is 0 Å². The van der Waals surface area contributed by atoms with E-state index in [1.807, 2.05) is 0 Å². The van der Waals surface area contributed by atoms with E-state index < -0.39 is 11.1 Å². The fourth-order valence-electron chi connectivity index (χ4n) is 0. The van der Waals surface area contributed by atoms with E-state index in [4.69, 9.17) is 15.5 Å². The Labute approximate surface area is 52.6 Å². The molecule has 0 spiro atoms. The van der Waals surface area contributed by atoms with Crippen LogP contribution >= 0.6 is 12.4 Å². The summed E-state index contributed by atoms with van der Waals surface area (Å²) in [6, 6.07) is 0. The molecule has 1 unspecified atom stereocenters. The predicted molar refractivity (Wildman–Crippen MR) is 27.5 cm³/mol. The number of nitrogens with two attached hydrogens (primary N) is 1. The maximum Gasteiger partial charge on any atom is 0.217 e. The normalized spacial score (nSPS) is 17.2. The van der Waals surface area contributed by atoms with E-state index in [-0.39, 0.29) is 12.4 Å². The summed E-state index contributed by atoms with van der Waals surface area (Å²) >= 11 is 0. The van der Waals surface area contributed by atoms with E-state index in [1.165, 1.54) is 0 Å². The Morgan fingerprint density at radius 1 is 1.50 bits per heavy atom. The van der Waals surface area contributed by atoms with Crippen LogP contribution in [0.15, 0.2) is 0 Å². The van der Waals surface area contributed by atoms with Crippen molar-refractivity contribution in [3.8, 4) is 0 Å². The highest BCUT2D eigenvalue weighted by Crippen LogP contribution is 1.91. The van der Waals surface area contributed by atoms with Crippen molar-refractivity contribution in [2.45, 2.75) is 12.8 Å². The largest absolute Gasteiger partial charge is 0.360 e. The second-order valence-corrected chi connectivity index (χ2v) is 1.38. The molecule has 0 aromatic carbocycles. The van der Waals surface area contributed by atoms with E-state index in [2.05, 4.69) is 5.73 Å². The van der Waals surface area contributed by atoms with Gasteiger partial charge in [-0.2, -0.15) is 0 Å². The first-order valence-electron chi connectivity index (χ1n) is 1.64. The highest BCUT2D eigenvalue weighted by Gasteiger charge is 2.19. The third kappa shape index (κ3) is 4.25. The quantitative estimate of drug-likeness (QED) is 0.283. The second-order valence-electron chi connectivity index (χ2n) is 1.38. The number of hydrogen-bond acceptors (Lipinski definition) is 5. The van der Waals surface area contributed by atoms with Gasteiger partial charge in [-0.05, 0) is 12.2 Å². The molecule has 0 bridgehead atoms. The number of halogens is 1. The van der Waals surface area contributed by atoms with Crippen LogP contribution < -0.4 is 5.73 Å². The van der Waals surface area contributed by atoms with Gasteiger partial charge in [0.15, 0.2) is 0 Å². The molecular weight excluding hydrogens is 135 g/mol. The highest BCUT2D eigenvalue weighted by atomic mass is 35.5. The zero-order valence-electron chi connectivity index (χ0n) is 4.27. The van der Waals surface area contributed by atoms with Gasteiger partial charge in [0.25, 0.3) is 0 Å². The van der Waals surface area contributed by atoms with Crippen LogP contribution in [0.1, 0.15) is 6.92 Å². The minimum atomic E-state index is -2.06. The molecule has 8 heavy (non-hydrogen) atoms. The molecule has 6 heteroatoms. The molecule has 0 aliphatic rings. The molecule has 0 radical (unpaired) electrons. The lowest BCUT2D eigenvalue weighted by Gasteiger charge is -2.19. The zero-order valence-corrected chi connectivity index (χ0v) is 5.09. The number of aliphatic hydroxyl groups is 1. The Bertz CT molecular complexity index is 60.8. The van der Waals surface area contributed by atoms with Gasteiger partial charge in [-0.1, -0.05) is 0 Å². The van der Waals surface area contributed by atoms with E-state index in [9.17, 15) is 0 Å². The van der Waals surface area contributed by atoms with Gasteiger partial charge < -0.3 is 5.11 Å². The van der Waals surface area contributed by atoms with Crippen molar-refractivity contribution in [1.82, 2.24) is 5.23 Å². The van der Waals surface area contributed by atoms with Gasteiger partial charge in [-0.25, -0.2) is 0 Å². The van der Waals surface area contributed by atoms with Crippen LogP contribution in [0, 0.1) is 0 Å². The summed E-state index contributed by atoms with van der Waals surface area (Å²) in [5.41, 5.74) is 4.66. The lowest BCUT2D eigenvalue weighted by molar-refractivity contribution is -0.406. The zero-order chi connectivity index (χ0) is 6.08. The number of hydroxylamine groups is 2. The summed E-state index contributed by atoms with van der Waals surface area (Å²) in [5, 5.41) is 23.6. The minimum Gasteiger partial charge on any atom is -0.360 e. The standard InChI is InChI=1S/C2H8N2O3.ClH/c1-2(3,5)4(6)7;/h5-7H,3H2,1H3;1H. The number of hydrogen-bond donors (Lipinski definition) is 4. The topological polar surface area (TPSA) is 90.0 Å². The van der Waals surface area contributed by atoms with E-state index in [0.717, 1.165) is 6.92 Å². The fraction of sp³-hybridized carbons (Fsp3) is 1.00. The molecule has 0 fully saturated rings. The Morgan fingerprint density at radius 2 is 1.62 bits per heavy atom. The molecule has 0 heterocycles. The Morgan fingerprint density at radius 3 is 1.62 bits per heavy atom. The average Bonchev–Trinajstić information content (AvgIpc) is 1.31. The van der Waals surface area contributed by atoms with Crippen LogP contribution in [0.25, 0.3) is 0 Å². The number of nitrogens with zero attached hydrogens (tertiary/aromatic N) is 1. The summed E-state index contributed by atoms with van der Waals surface area (Å²) in [5.74, 6) is -2.06. The van der Waals surface area contributed by atoms with Crippen molar-refractivity contribution in [3.63, 3.8) is 0 Å². The van der Waals surface area contributed by atoms with Crippen molar-refractivity contribution in [2.75, 3.05) is 0 Å². The lowest BCUT2D eigenvalue weighted by Crippen LogP contribution is -2.50. The van der Waals surface area contributed by atoms with Gasteiger partial charge in [-0.3, -0.25) is 16.1 Å². The molecule has 0 aromatic heterocycles. The van der Waals surface area contributed by atoms with Gasteiger partial charge in [0.05, 0.1) is 0 Å². The summed E-state index contributed by atoms with van der Waals surface area (Å²) in [6.45, 7) is 1.02. The van der Waals surface area contributed by atoms with Crippen LogP contribution in [-0.4, -0.2) is 26.6 Å². The first-order valence-corrected chi connectivity index (χ1v) is 1.64. The first kappa shape index (κ1) is 11.0. The summed E-state index contributed by atoms with van der Waals surface area (Å²) in [4.78, 5) is 0. The van der Waals surface area contributed by atoms with E-state index >= 15 is 0 Å². The van der Waals surface area contributed by atoms with Crippen LogP contribution in [-0.2, 0) is 0 Å². The Balaban J connectivity index is 0. The van der Waals surface area contributed by atoms with Crippen molar-refractivity contribution >= 4 is 12.4 Å². The second kappa shape index (κ2) is 3.18. The van der Waals surface area contributed by atoms with Crippen molar-refractivity contribution in [2.24, 2.45) is 5.73 Å². The molecular formula is C2H9ClN2O3. The maximum absolute atomic E-state index is 8.30. The molecule has 0 amide bonds. The minimum absolute atomic E-state index is 0. The van der Waals surface area contributed by atoms with Crippen molar-refractivity contribution < 1.29 is 15.5 Å². The Hall–Kier alpha value is 0.0900. The molecule has 0 saturated carbocycles. The molecule has 0 saturated heterocycles. The summed E-state index contributed by atoms with van der Waals surface area (Å²) in [6.07, 6.45) is 0. The molecule has 52 valence electrons. The monoisotopic (exact) mass is 144 g/mol. The van der Waals surface area contributed by atoms with Crippen LogP contribution in [0.4, 0.5) is 0 Å². The molecule has 1 atom stereocenters. The smallest absolute Gasteiger partial charge is 0.217 e. The predicted octanol–water partition coefficient (Wildman–Crippen LogP) is -0.887. The maximum atomic E-state index is 8.30. The van der Waals surface area contributed by atoms with Gasteiger partial charge in [0.1, 0.15) is 0 Å². The number of rotatable bonds is 1. The molecule has 0 aliphatic heterocycles. The van der Waals surface area contributed by atoms with Gasteiger partial charge in [-0.15, -0.1) is 12.4 Å². The highest BCUT2D eigenvalue weighted by molar-refractivity contribution is 5.85. The van der Waals surface area contributed by atoms with E-state index in [0.29, 0.717) is 0 Å². The molecule has 0 aliphatic carbocycles. The summed E-state index contributed by atoms with van der Waals surface area (Å²) in [7, 11) is 0. The summed E-state index contributed by atoms with van der Waals surface area (Å²) < 4.78 is 0. The first-order chi connectivity index (χ1) is 2.94. The molecule has 0 rings (SSSR count). The van der Waals surface area contributed by atoms with E-state index in [1.54, 1.807) is 0 Å². The van der Waals surface area contributed by atoms with Crippen LogP contribution in [0.5, 0.6) is 0 Å². The molecule has 5 nitrogen and oxygen atoms in total. The molecule has 0 aromatic rings. The lowest BCUT2D eigenvalue weighted by atomic mass is 10.5. The van der Waals surface area contributed by atoms with Crippen LogP contribution in [0.2, 0.25) is 0 Å². The SMILES string of the molecule is CC(N)(O)N(O)O.Cl.